The van der Waals surface area contributed by atoms with E-state index in [-0.39, 0.29) is 4.90 Å². The zero-order valence-electron chi connectivity index (χ0n) is 10.2. The van der Waals surface area contributed by atoms with E-state index >= 15 is 0 Å². The van der Waals surface area contributed by atoms with Crippen molar-refractivity contribution in [3.63, 3.8) is 0 Å². The fraction of sp³-hybridized carbons (Fsp3) is 0.545. The lowest BCUT2D eigenvalue weighted by molar-refractivity contribution is 0.585. The van der Waals surface area contributed by atoms with Gasteiger partial charge in [0.2, 0.25) is 0 Å². The Labute approximate surface area is 95.6 Å². The Morgan fingerprint density at radius 2 is 1.56 bits per heavy atom. The molecule has 0 unspecified atom stereocenters. The molecule has 0 saturated heterocycles. The van der Waals surface area contributed by atoms with Gasteiger partial charge in [0.25, 0.3) is 5.56 Å². The van der Waals surface area contributed by atoms with Crippen molar-refractivity contribution in [2.24, 2.45) is 0 Å². The van der Waals surface area contributed by atoms with Crippen LogP contribution in [0.4, 0.5) is 0 Å². The molecule has 0 amide bonds. The van der Waals surface area contributed by atoms with E-state index < -0.39 is 20.6 Å². The maximum absolute atomic E-state index is 12.0. The molecular weight excluding hydrogens is 226 g/mol. The maximum Gasteiger partial charge on any atom is 0.267 e. The van der Waals surface area contributed by atoms with E-state index in [1.165, 1.54) is 0 Å². The van der Waals surface area contributed by atoms with Crippen molar-refractivity contribution in [2.45, 2.75) is 44.8 Å². The molecule has 0 fully saturated rings. The van der Waals surface area contributed by atoms with Crippen LogP contribution in [0.15, 0.2) is 9.69 Å². The third-order valence-electron chi connectivity index (χ3n) is 2.88. The van der Waals surface area contributed by atoms with Gasteiger partial charge < -0.3 is 4.98 Å². The number of pyridine rings is 1. The highest BCUT2D eigenvalue weighted by Crippen LogP contribution is 2.19. The molecule has 1 heterocycles. The van der Waals surface area contributed by atoms with Gasteiger partial charge in [-0.2, -0.15) is 0 Å². The fourth-order valence-electron chi connectivity index (χ4n) is 1.52. The minimum Gasteiger partial charge on any atom is -0.325 e. The zero-order valence-corrected chi connectivity index (χ0v) is 11.0. The Hall–Kier alpha value is -1.10. The fourth-order valence-corrected chi connectivity index (χ4v) is 2.88. The van der Waals surface area contributed by atoms with Crippen molar-refractivity contribution in [3.05, 3.63) is 27.2 Å². The molecule has 0 atom stereocenters. The quantitative estimate of drug-likeness (QED) is 0.855. The van der Waals surface area contributed by atoms with Gasteiger partial charge in [-0.05, 0) is 45.7 Å². The van der Waals surface area contributed by atoms with Gasteiger partial charge in [0.05, 0.1) is 5.25 Å². The summed E-state index contributed by atoms with van der Waals surface area (Å²) in [5.74, 6) is 0. The van der Waals surface area contributed by atoms with Crippen LogP contribution in [-0.2, 0) is 9.84 Å². The van der Waals surface area contributed by atoms with E-state index in [0.29, 0.717) is 11.3 Å². The van der Waals surface area contributed by atoms with Crippen LogP contribution in [0.3, 0.4) is 0 Å². The Bertz CT molecular complexity index is 568. The summed E-state index contributed by atoms with van der Waals surface area (Å²) in [6.07, 6.45) is 0. The maximum atomic E-state index is 12.0. The van der Waals surface area contributed by atoms with Crippen molar-refractivity contribution in [2.75, 3.05) is 0 Å². The van der Waals surface area contributed by atoms with E-state index in [9.17, 15) is 13.2 Å². The summed E-state index contributed by atoms with van der Waals surface area (Å²) in [7, 11) is -3.52. The summed E-state index contributed by atoms with van der Waals surface area (Å²) in [6, 6.07) is 0. The van der Waals surface area contributed by atoms with Crippen LogP contribution < -0.4 is 5.56 Å². The SMILES string of the molecule is Cc1[nH]c(=O)c(S(=O)(=O)C(C)C)c(C)c1C. The molecule has 4 nitrogen and oxygen atoms in total. The van der Waals surface area contributed by atoms with Gasteiger partial charge in [-0.25, -0.2) is 8.42 Å². The highest BCUT2D eigenvalue weighted by Gasteiger charge is 2.26. The van der Waals surface area contributed by atoms with Gasteiger partial charge in [-0.1, -0.05) is 0 Å². The van der Waals surface area contributed by atoms with Gasteiger partial charge >= 0.3 is 0 Å². The van der Waals surface area contributed by atoms with Crippen LogP contribution >= 0.6 is 0 Å². The first kappa shape index (κ1) is 13.0. The van der Waals surface area contributed by atoms with Gasteiger partial charge in [-0.15, -0.1) is 0 Å². The second kappa shape index (κ2) is 4.05. The second-order valence-electron chi connectivity index (χ2n) is 4.25. The number of nitrogens with one attached hydrogen (secondary N) is 1. The van der Waals surface area contributed by atoms with Gasteiger partial charge in [0, 0.05) is 5.69 Å². The van der Waals surface area contributed by atoms with Crippen LogP contribution in [0.25, 0.3) is 0 Å². The Morgan fingerprint density at radius 3 is 2.00 bits per heavy atom. The summed E-state index contributed by atoms with van der Waals surface area (Å²) in [5.41, 5.74) is 1.56. The number of rotatable bonds is 2. The predicted octanol–water partition coefficient (Wildman–Crippen LogP) is 1.48. The molecule has 1 rings (SSSR count). The molecule has 0 aliphatic rings. The van der Waals surface area contributed by atoms with Crippen LogP contribution in [0.2, 0.25) is 0 Å². The topological polar surface area (TPSA) is 67.0 Å². The third kappa shape index (κ3) is 1.91. The molecule has 1 aromatic rings. The number of sulfone groups is 1. The van der Waals surface area contributed by atoms with Crippen LogP contribution in [0.5, 0.6) is 0 Å². The van der Waals surface area contributed by atoms with E-state index in [1.807, 2.05) is 0 Å². The van der Waals surface area contributed by atoms with E-state index in [4.69, 9.17) is 0 Å². The van der Waals surface area contributed by atoms with Gasteiger partial charge in [0.15, 0.2) is 9.84 Å². The van der Waals surface area contributed by atoms with Crippen molar-refractivity contribution in [3.8, 4) is 0 Å². The Balaban J connectivity index is 3.73. The zero-order chi connectivity index (χ0) is 12.7. The molecule has 90 valence electrons. The first-order valence-corrected chi connectivity index (χ1v) is 6.68. The Kier molecular flexibility index (Phi) is 3.28. The molecule has 0 aliphatic carbocycles. The minimum absolute atomic E-state index is 0.0920. The van der Waals surface area contributed by atoms with Crippen molar-refractivity contribution in [1.82, 2.24) is 4.98 Å². The highest BCUT2D eigenvalue weighted by atomic mass is 32.2. The first-order valence-electron chi connectivity index (χ1n) is 5.13. The molecule has 1 N–H and O–H groups in total. The summed E-state index contributed by atoms with van der Waals surface area (Å²) in [5, 5.41) is -0.589. The van der Waals surface area contributed by atoms with Gasteiger partial charge in [0.1, 0.15) is 4.90 Å². The monoisotopic (exact) mass is 243 g/mol. The van der Waals surface area contributed by atoms with Crippen molar-refractivity contribution in [1.29, 1.82) is 0 Å². The molecule has 0 radical (unpaired) electrons. The molecule has 0 spiro atoms. The lowest BCUT2D eigenvalue weighted by Gasteiger charge is -2.12. The molecule has 0 aromatic carbocycles. The van der Waals surface area contributed by atoms with E-state index in [1.54, 1.807) is 34.6 Å². The molecule has 16 heavy (non-hydrogen) atoms. The third-order valence-corrected chi connectivity index (χ3v) is 5.18. The summed E-state index contributed by atoms with van der Waals surface area (Å²) >= 11 is 0. The molecule has 0 aliphatic heterocycles. The number of aryl methyl sites for hydroxylation is 1. The Morgan fingerprint density at radius 1 is 1.06 bits per heavy atom. The number of aromatic nitrogens is 1. The van der Waals surface area contributed by atoms with Crippen LogP contribution in [-0.4, -0.2) is 18.7 Å². The number of hydrogen-bond acceptors (Lipinski definition) is 3. The average Bonchev–Trinajstić information content (AvgIpc) is 2.13. The minimum atomic E-state index is -3.52. The van der Waals surface area contributed by atoms with E-state index in [0.717, 1.165) is 5.56 Å². The van der Waals surface area contributed by atoms with Crippen LogP contribution in [0, 0.1) is 20.8 Å². The summed E-state index contributed by atoms with van der Waals surface area (Å²) < 4.78 is 24.0. The number of aromatic amines is 1. The largest absolute Gasteiger partial charge is 0.325 e. The van der Waals surface area contributed by atoms with Gasteiger partial charge in [-0.3, -0.25) is 4.79 Å². The molecule has 1 aromatic heterocycles. The highest BCUT2D eigenvalue weighted by molar-refractivity contribution is 7.92. The summed E-state index contributed by atoms with van der Waals surface area (Å²) in [4.78, 5) is 14.2. The lowest BCUT2D eigenvalue weighted by atomic mass is 10.1. The molecule has 0 bridgehead atoms. The molecule has 5 heteroatoms. The normalized spacial score (nSPS) is 12.1. The molecular formula is C11H17NO3S. The predicted molar refractivity (Wildman–Crippen MR) is 63.6 cm³/mol. The average molecular weight is 243 g/mol. The first-order chi connectivity index (χ1) is 7.19. The lowest BCUT2D eigenvalue weighted by Crippen LogP contribution is -2.26. The van der Waals surface area contributed by atoms with Crippen molar-refractivity contribution < 1.29 is 8.42 Å². The number of H-pyrrole nitrogens is 1. The van der Waals surface area contributed by atoms with Crippen molar-refractivity contribution >= 4 is 9.84 Å². The van der Waals surface area contributed by atoms with E-state index in [2.05, 4.69) is 4.98 Å². The smallest absolute Gasteiger partial charge is 0.267 e. The number of hydrogen-bond donors (Lipinski definition) is 1. The van der Waals surface area contributed by atoms with Crippen LogP contribution in [0.1, 0.15) is 30.7 Å². The second-order valence-corrected chi connectivity index (χ2v) is 6.69. The molecule has 0 saturated carbocycles. The standard InChI is InChI=1S/C11H17NO3S/c1-6(2)16(14,15)10-8(4)7(3)9(5)12-11(10)13/h6H,1-5H3,(H,12,13). The summed E-state index contributed by atoms with van der Waals surface area (Å²) in [6.45, 7) is 8.38.